The molecule has 0 aliphatic heterocycles. The Labute approximate surface area is 218 Å². The van der Waals surface area contributed by atoms with Crippen LogP contribution in [0.5, 0.6) is 0 Å². The Balaban J connectivity index is 0.00000154. The van der Waals surface area contributed by atoms with E-state index in [-0.39, 0.29) is 27.4 Å². The van der Waals surface area contributed by atoms with Crippen LogP contribution in [0, 0.1) is 5.92 Å². The maximum atomic E-state index is 13.1. The number of esters is 1. The van der Waals surface area contributed by atoms with Gasteiger partial charge in [-0.25, -0.2) is 18.2 Å². The number of anilines is 1. The van der Waals surface area contributed by atoms with Gasteiger partial charge in [-0.15, -0.1) is 0 Å². The number of allylic oxidation sites excluding steroid dienone is 1. The maximum Gasteiger partial charge on any atom is 0.340 e. The molecule has 1 unspecified atom stereocenters. The summed E-state index contributed by atoms with van der Waals surface area (Å²) in [5.41, 5.74) is 1.03. The zero-order valence-corrected chi connectivity index (χ0v) is 23.5. The number of rotatable bonds is 8. The summed E-state index contributed by atoms with van der Waals surface area (Å²) in [6.45, 7) is 9.79. The molecule has 1 aliphatic rings. The van der Waals surface area contributed by atoms with Gasteiger partial charge in [0.2, 0.25) is 0 Å². The van der Waals surface area contributed by atoms with Crippen LogP contribution < -0.4 is 5.32 Å². The summed E-state index contributed by atoms with van der Waals surface area (Å²) in [5.74, 6) is -0.903. The number of sulfone groups is 1. The number of benzene rings is 1. The first-order valence-corrected chi connectivity index (χ1v) is 15.0. The number of hydrogen-bond acceptors (Lipinski definition) is 8. The molecule has 0 radical (unpaired) electrons. The molecular weight excluding hydrogens is 500 g/mol. The lowest BCUT2D eigenvalue weighted by atomic mass is 9.98. The summed E-state index contributed by atoms with van der Waals surface area (Å²) < 4.78 is 28.3. The lowest BCUT2D eigenvalue weighted by Crippen LogP contribution is -2.15. The number of aromatic nitrogens is 1. The average Bonchev–Trinajstić information content (AvgIpc) is 3.56. The van der Waals surface area contributed by atoms with E-state index in [0.29, 0.717) is 11.1 Å². The summed E-state index contributed by atoms with van der Waals surface area (Å²) in [6.07, 6.45) is 7.11. The van der Waals surface area contributed by atoms with Crippen LogP contribution in [0.3, 0.4) is 0 Å². The lowest BCUT2D eigenvalue weighted by Gasteiger charge is -2.11. The molecule has 3 rings (SSSR count). The summed E-state index contributed by atoms with van der Waals surface area (Å²) >= 11 is 0.984. The first-order chi connectivity index (χ1) is 17.2. The first kappa shape index (κ1) is 31.5. The normalized spacial score (nSPS) is 14.6. The largest absolute Gasteiger partial charge is 0.464 e. The molecule has 10 heteroatoms. The smallest absolute Gasteiger partial charge is 0.340 e. The fourth-order valence-electron chi connectivity index (χ4n) is 3.52. The van der Waals surface area contributed by atoms with Crippen molar-refractivity contribution >= 4 is 43.8 Å². The van der Waals surface area contributed by atoms with Crippen LogP contribution >= 0.6 is 11.3 Å². The van der Waals surface area contributed by atoms with Crippen LogP contribution in [0.15, 0.2) is 41.4 Å². The van der Waals surface area contributed by atoms with Crippen molar-refractivity contribution in [2.75, 3.05) is 18.2 Å². The second kappa shape index (κ2) is 15.5. The molecule has 1 aromatic carbocycles. The fraction of sp³-hybridized carbons (Fsp3) is 0.500. The molecule has 36 heavy (non-hydrogen) atoms. The molecule has 1 atom stereocenters. The second-order valence-corrected chi connectivity index (χ2v) is 10.7. The van der Waals surface area contributed by atoms with E-state index >= 15 is 0 Å². The van der Waals surface area contributed by atoms with Gasteiger partial charge in [0.25, 0.3) is 5.91 Å². The third kappa shape index (κ3) is 9.15. The second-order valence-electron chi connectivity index (χ2n) is 7.60. The van der Waals surface area contributed by atoms with E-state index in [1.807, 2.05) is 33.8 Å². The maximum absolute atomic E-state index is 13.1. The molecule has 1 fully saturated rings. The van der Waals surface area contributed by atoms with Crippen molar-refractivity contribution in [3.63, 3.8) is 0 Å². The van der Waals surface area contributed by atoms with Crippen molar-refractivity contribution in [1.82, 2.24) is 4.98 Å². The highest BCUT2D eigenvalue weighted by atomic mass is 32.2. The molecular formula is C26H38N2O6S2. The van der Waals surface area contributed by atoms with Crippen LogP contribution in [-0.4, -0.2) is 43.2 Å². The minimum Gasteiger partial charge on any atom is -0.464 e. The van der Waals surface area contributed by atoms with Gasteiger partial charge in [0.05, 0.1) is 16.4 Å². The number of amides is 1. The number of aliphatic hydroxyl groups is 1. The average molecular weight is 539 g/mol. The van der Waals surface area contributed by atoms with Crippen LogP contribution in [0.1, 0.15) is 76.8 Å². The van der Waals surface area contributed by atoms with Gasteiger partial charge in [0.15, 0.2) is 21.1 Å². The SMILES string of the molecule is CC.CC.CCOC(=O)C(O)c1cnc(NC(=O)/C(=C/C2CCCC2)c2ccc(S(C)(=O)=O)cc2)s1. The molecule has 1 aliphatic carbocycles. The van der Waals surface area contributed by atoms with E-state index in [1.165, 1.54) is 18.3 Å². The van der Waals surface area contributed by atoms with Crippen LogP contribution in [0.4, 0.5) is 5.13 Å². The van der Waals surface area contributed by atoms with E-state index < -0.39 is 27.8 Å². The van der Waals surface area contributed by atoms with Crippen molar-refractivity contribution in [3.8, 4) is 0 Å². The summed E-state index contributed by atoms with van der Waals surface area (Å²) in [7, 11) is -3.34. The van der Waals surface area contributed by atoms with Crippen molar-refractivity contribution in [1.29, 1.82) is 0 Å². The number of thiazole rings is 1. The molecule has 1 heterocycles. The molecule has 2 N–H and O–H groups in total. The molecule has 200 valence electrons. The fourth-order valence-corrected chi connectivity index (χ4v) is 4.93. The van der Waals surface area contributed by atoms with Crippen LogP contribution in [0.25, 0.3) is 5.57 Å². The Kier molecular flexibility index (Phi) is 13.6. The summed E-state index contributed by atoms with van der Waals surface area (Å²) in [5, 5.41) is 13.0. The molecule has 1 amide bonds. The monoisotopic (exact) mass is 538 g/mol. The van der Waals surface area contributed by atoms with Gasteiger partial charge < -0.3 is 9.84 Å². The number of nitrogens with one attached hydrogen (secondary N) is 1. The third-order valence-electron chi connectivity index (χ3n) is 5.16. The zero-order valence-electron chi connectivity index (χ0n) is 21.9. The number of carbonyl (C=O) groups excluding carboxylic acids is 2. The topological polar surface area (TPSA) is 123 Å². The van der Waals surface area contributed by atoms with E-state index in [0.717, 1.165) is 43.3 Å². The number of ether oxygens (including phenoxy) is 1. The van der Waals surface area contributed by atoms with E-state index in [2.05, 4.69) is 10.3 Å². The highest BCUT2D eigenvalue weighted by Crippen LogP contribution is 2.31. The summed E-state index contributed by atoms with van der Waals surface area (Å²) in [4.78, 5) is 29.4. The van der Waals surface area contributed by atoms with Gasteiger partial charge in [-0.1, -0.05) is 70.1 Å². The molecule has 0 saturated heterocycles. The number of aliphatic hydroxyl groups excluding tert-OH is 1. The molecule has 8 nitrogen and oxygen atoms in total. The number of nitrogens with zero attached hydrogens (tertiary/aromatic N) is 1. The Bertz CT molecular complexity index is 1100. The molecule has 2 aromatic rings. The molecule has 0 bridgehead atoms. The molecule has 1 aromatic heterocycles. The minimum absolute atomic E-state index is 0.145. The zero-order chi connectivity index (χ0) is 27.3. The van der Waals surface area contributed by atoms with Crippen LogP contribution in [0.2, 0.25) is 0 Å². The van der Waals surface area contributed by atoms with E-state index in [4.69, 9.17) is 4.74 Å². The Morgan fingerprint density at radius 2 is 1.75 bits per heavy atom. The quantitative estimate of drug-likeness (QED) is 0.340. The minimum atomic E-state index is -3.34. The van der Waals surface area contributed by atoms with Gasteiger partial charge in [-0.05, 0) is 43.4 Å². The predicted octanol–water partition coefficient (Wildman–Crippen LogP) is 5.41. The molecule has 1 saturated carbocycles. The Morgan fingerprint density at radius 3 is 2.28 bits per heavy atom. The van der Waals surface area contributed by atoms with Crippen molar-refractivity contribution < 1.29 is 27.9 Å². The van der Waals surface area contributed by atoms with E-state index in [9.17, 15) is 23.1 Å². The Morgan fingerprint density at radius 1 is 1.17 bits per heavy atom. The number of hydrogen-bond donors (Lipinski definition) is 2. The van der Waals surface area contributed by atoms with Crippen molar-refractivity contribution in [2.24, 2.45) is 5.92 Å². The van der Waals surface area contributed by atoms with Crippen molar-refractivity contribution in [2.45, 2.75) is 71.3 Å². The van der Waals surface area contributed by atoms with Gasteiger partial charge in [-0.3, -0.25) is 10.1 Å². The first-order valence-electron chi connectivity index (χ1n) is 12.3. The van der Waals surface area contributed by atoms with Gasteiger partial charge in [-0.2, -0.15) is 0 Å². The number of carbonyl (C=O) groups is 2. The van der Waals surface area contributed by atoms with Gasteiger partial charge in [0, 0.05) is 18.0 Å². The lowest BCUT2D eigenvalue weighted by molar-refractivity contribution is -0.153. The standard InChI is InChI=1S/C22H26N2O6S2.2C2H6/c1-3-30-21(27)19(25)18-13-23-22(31-18)24-20(26)17(12-14-6-4-5-7-14)15-8-10-16(11-9-15)32(2,28)29;2*1-2/h8-14,19,25H,3-7H2,1-2H3,(H,23,24,26);2*1-2H3/b17-12+;;. The highest BCUT2D eigenvalue weighted by molar-refractivity contribution is 7.90. The third-order valence-corrected chi connectivity index (χ3v) is 7.26. The van der Waals surface area contributed by atoms with Crippen molar-refractivity contribution in [3.05, 3.63) is 47.0 Å². The Hall–Kier alpha value is -2.56. The van der Waals surface area contributed by atoms with E-state index in [1.54, 1.807) is 19.1 Å². The summed E-state index contributed by atoms with van der Waals surface area (Å²) in [6, 6.07) is 6.21. The highest BCUT2D eigenvalue weighted by Gasteiger charge is 2.23. The van der Waals surface area contributed by atoms with Gasteiger partial charge in [0.1, 0.15) is 0 Å². The molecule has 0 spiro atoms. The predicted molar refractivity (Wildman–Crippen MR) is 145 cm³/mol. The van der Waals surface area contributed by atoms with Crippen LogP contribution in [-0.2, 0) is 24.2 Å². The van der Waals surface area contributed by atoms with Gasteiger partial charge >= 0.3 is 5.97 Å².